The number of piperidine rings is 4. The standard InChI is InChI=1S/2C10H21N.4C9H19N.C9H18O.2C8H17N.C8H16/c1-10(2,3)9-5-4-7-11-8-6-9;1-10(2,3)9-6-4-5-7-11-8-9;1-9(2,3)8-4-6-10-7-5-8;1-9(2,3)8-5-4-6-10-7-8;2*1-9(2,3)10-7-5-4-6-8-10;1-9(2,3)8-4-6-10-7-5-8;1-8(2,3)7-4-5-9-6-7;1-8(2,3)9-6-4-5-7-9;1-8(2,3)7-5-4-6-7/h2*9,11H,4-8H2,1-3H3;2*8,10H,4-7H2,1-3H3;2*4-8H2,1-3H3;8H,4-7H2,1-3H3;7,9H,4-6H2,1-3H3;4-7H2,1-3H3;7H,4-6H2,1-3H3. The molecule has 10 aliphatic rings. The van der Waals surface area contributed by atoms with Gasteiger partial charge in [-0.15, -0.1) is 0 Å². The Balaban J connectivity index is 0.000000545. The summed E-state index contributed by atoms with van der Waals surface area (Å²) < 4.78 is 5.29. The lowest BCUT2D eigenvalue weighted by Gasteiger charge is -2.38. The van der Waals surface area contributed by atoms with Crippen LogP contribution in [0.25, 0.3) is 0 Å². The molecule has 4 unspecified atom stereocenters. The van der Waals surface area contributed by atoms with Gasteiger partial charge in [-0.05, 0) is 375 Å². The molecule has 9 saturated heterocycles. The summed E-state index contributed by atoms with van der Waals surface area (Å²) in [6.45, 7) is 91.9. The minimum Gasteiger partial charge on any atom is -0.381 e. The molecule has 10 fully saturated rings. The maximum atomic E-state index is 5.29. The Hall–Kier alpha value is -0.360. The van der Waals surface area contributed by atoms with Crippen LogP contribution in [0.15, 0.2) is 0 Å². The highest BCUT2D eigenvalue weighted by atomic mass is 16.5. The second-order valence-electron chi connectivity index (χ2n) is 42.9. The first kappa shape index (κ1) is 95.7. The van der Waals surface area contributed by atoms with Crippen LogP contribution in [0.2, 0.25) is 0 Å². The van der Waals surface area contributed by atoms with Gasteiger partial charge >= 0.3 is 0 Å². The van der Waals surface area contributed by atoms with Crippen molar-refractivity contribution in [3.05, 3.63) is 0 Å². The maximum Gasteiger partial charge on any atom is 0.0468 e. The molecule has 9 aliphatic heterocycles. The zero-order valence-corrected chi connectivity index (χ0v) is 73.0. The molecule has 9 heterocycles. The van der Waals surface area contributed by atoms with Gasteiger partial charge in [0.25, 0.3) is 0 Å². The van der Waals surface area contributed by atoms with Crippen molar-refractivity contribution in [1.82, 2.24) is 41.3 Å². The molecule has 98 heavy (non-hydrogen) atoms. The van der Waals surface area contributed by atoms with Gasteiger partial charge in [-0.1, -0.05) is 171 Å². The number of ether oxygens (including phenoxy) is 1. The van der Waals surface area contributed by atoms with E-state index < -0.39 is 0 Å². The smallest absolute Gasteiger partial charge is 0.0468 e. The van der Waals surface area contributed by atoms with E-state index in [0.717, 1.165) is 54.6 Å². The van der Waals surface area contributed by atoms with Crippen LogP contribution in [0.3, 0.4) is 0 Å². The third-order valence-electron chi connectivity index (χ3n) is 24.4. The van der Waals surface area contributed by atoms with Crippen molar-refractivity contribution in [2.24, 2.45) is 79.3 Å². The van der Waals surface area contributed by atoms with E-state index in [9.17, 15) is 0 Å². The first-order valence-corrected chi connectivity index (χ1v) is 42.4. The second-order valence-corrected chi connectivity index (χ2v) is 42.9. The predicted octanol–water partition coefficient (Wildman–Crippen LogP) is 22.3. The van der Waals surface area contributed by atoms with E-state index in [1.165, 1.54) is 259 Å². The molecule has 0 bridgehead atoms. The topological polar surface area (TPSA) is 79.1 Å². The van der Waals surface area contributed by atoms with Crippen molar-refractivity contribution >= 4 is 0 Å². The van der Waals surface area contributed by atoms with Crippen LogP contribution < -0.4 is 26.6 Å². The van der Waals surface area contributed by atoms with E-state index in [1.807, 2.05) is 0 Å². The van der Waals surface area contributed by atoms with Crippen LogP contribution in [-0.4, -0.2) is 149 Å². The number of likely N-dealkylation sites (tertiary alicyclic amines) is 3. The summed E-state index contributed by atoms with van der Waals surface area (Å²) in [5, 5.41) is 17.2. The Morgan fingerprint density at radius 1 is 0.204 bits per heavy atom. The molecule has 0 spiro atoms. The third-order valence-corrected chi connectivity index (χ3v) is 24.4. The molecule has 1 saturated carbocycles. The molecule has 0 amide bonds. The summed E-state index contributed by atoms with van der Waals surface area (Å²) in [6, 6.07) is 0. The largest absolute Gasteiger partial charge is 0.381 e. The SMILES string of the molecule is CC(C)(C)C1CCC1.CC(C)(C)C1CCCCNC1.CC(C)(C)C1CCCNC1.CC(C)(C)C1CCCNCC1.CC(C)(C)C1CCNC1.CC(C)(C)C1CCNCC1.CC(C)(C)C1CCOCC1.CC(C)(C)N1CCCC1.CC(C)(C)N1CCCCC1.CC(C)(C)N1CCCCC1. The van der Waals surface area contributed by atoms with Crippen molar-refractivity contribution < 1.29 is 4.74 Å². The van der Waals surface area contributed by atoms with Crippen molar-refractivity contribution in [2.45, 2.75) is 378 Å². The van der Waals surface area contributed by atoms with E-state index in [1.54, 1.807) is 0 Å². The molecular formula is C89H186N8O. The van der Waals surface area contributed by atoms with Crippen LogP contribution in [0.1, 0.15) is 362 Å². The lowest BCUT2D eigenvalue weighted by Crippen LogP contribution is -2.44. The highest BCUT2D eigenvalue weighted by molar-refractivity contribution is 4.86. The van der Waals surface area contributed by atoms with Crippen LogP contribution in [0.5, 0.6) is 0 Å². The van der Waals surface area contributed by atoms with Crippen molar-refractivity contribution in [3.63, 3.8) is 0 Å². The van der Waals surface area contributed by atoms with Crippen LogP contribution >= 0.6 is 0 Å². The van der Waals surface area contributed by atoms with Gasteiger partial charge in [0.05, 0.1) is 0 Å². The van der Waals surface area contributed by atoms with E-state index in [2.05, 4.69) is 249 Å². The van der Waals surface area contributed by atoms with Gasteiger partial charge in [-0.25, -0.2) is 0 Å². The number of rotatable bonds is 0. The average molecular weight is 1380 g/mol. The summed E-state index contributed by atoms with van der Waals surface area (Å²) in [7, 11) is 0. The molecule has 0 radical (unpaired) electrons. The number of hydrogen-bond acceptors (Lipinski definition) is 9. The lowest BCUT2D eigenvalue weighted by atomic mass is 9.69. The van der Waals surface area contributed by atoms with E-state index in [4.69, 9.17) is 4.74 Å². The van der Waals surface area contributed by atoms with Gasteiger partial charge < -0.3 is 31.3 Å². The monoisotopic (exact) mass is 1380 g/mol. The Morgan fingerprint density at radius 3 is 0.694 bits per heavy atom. The molecular weight excluding hydrogens is 1200 g/mol. The van der Waals surface area contributed by atoms with Crippen molar-refractivity contribution in [3.8, 4) is 0 Å². The quantitative estimate of drug-likeness (QED) is 0.163. The fourth-order valence-electron chi connectivity index (χ4n) is 15.7. The fraction of sp³-hybridized carbons (Fsp3) is 1.00. The zero-order valence-electron chi connectivity index (χ0n) is 73.0. The number of nitrogens with one attached hydrogen (secondary N) is 5. The Labute approximate surface area is 618 Å². The normalized spacial score (nSPS) is 25.3. The third kappa shape index (κ3) is 45.2. The number of hydrogen-bond donors (Lipinski definition) is 5. The maximum absolute atomic E-state index is 5.29. The molecule has 0 aromatic carbocycles. The Morgan fingerprint density at radius 2 is 0.429 bits per heavy atom. The average Bonchev–Trinajstić information content (AvgIpc) is 1.56. The highest BCUT2D eigenvalue weighted by Crippen LogP contribution is 2.41. The first-order valence-electron chi connectivity index (χ1n) is 42.4. The zero-order chi connectivity index (χ0) is 74.7. The summed E-state index contributed by atoms with van der Waals surface area (Å²) >= 11 is 0. The predicted molar refractivity (Wildman–Crippen MR) is 441 cm³/mol. The molecule has 0 aromatic heterocycles. The molecule has 5 N–H and O–H groups in total. The first-order chi connectivity index (χ1) is 45.1. The fourth-order valence-corrected chi connectivity index (χ4v) is 15.7. The van der Waals surface area contributed by atoms with Crippen molar-refractivity contribution in [2.75, 3.05) is 118 Å². The van der Waals surface area contributed by atoms with Crippen molar-refractivity contribution in [1.29, 1.82) is 0 Å². The van der Waals surface area contributed by atoms with E-state index in [-0.39, 0.29) is 0 Å². The molecule has 0 aromatic rings. The van der Waals surface area contributed by atoms with E-state index in [0.29, 0.717) is 54.5 Å². The summed E-state index contributed by atoms with van der Waals surface area (Å²) in [6.07, 6.45) is 33.4. The van der Waals surface area contributed by atoms with Crippen LogP contribution in [0.4, 0.5) is 0 Å². The van der Waals surface area contributed by atoms with Gasteiger partial charge in [0, 0.05) is 29.8 Å². The van der Waals surface area contributed by atoms with Gasteiger partial charge in [0.2, 0.25) is 0 Å². The summed E-state index contributed by atoms with van der Waals surface area (Å²) in [4.78, 5) is 7.71. The second kappa shape index (κ2) is 46.7. The van der Waals surface area contributed by atoms with Gasteiger partial charge in [-0.2, -0.15) is 0 Å². The lowest BCUT2D eigenvalue weighted by molar-refractivity contribution is 0.0286. The molecule has 4 atom stereocenters. The molecule has 9 heteroatoms. The van der Waals surface area contributed by atoms with Gasteiger partial charge in [0.1, 0.15) is 0 Å². The summed E-state index contributed by atoms with van der Waals surface area (Å²) in [5.74, 6) is 6.44. The molecule has 588 valence electrons. The molecule has 9 nitrogen and oxygen atoms in total. The Kier molecular flexibility index (Phi) is 45.5. The summed E-state index contributed by atoms with van der Waals surface area (Å²) in [5.41, 5.74) is 4.88. The minimum absolute atomic E-state index is 0.403. The molecule has 10 rings (SSSR count). The number of nitrogens with zero attached hydrogens (tertiary/aromatic N) is 3. The minimum atomic E-state index is 0.403. The van der Waals surface area contributed by atoms with Crippen LogP contribution in [-0.2, 0) is 4.74 Å². The van der Waals surface area contributed by atoms with Gasteiger partial charge in [0.15, 0.2) is 0 Å². The Bertz CT molecular complexity index is 1630. The molecule has 1 aliphatic carbocycles. The van der Waals surface area contributed by atoms with Gasteiger partial charge in [-0.3, -0.25) is 14.7 Å². The highest BCUT2D eigenvalue weighted by Gasteiger charge is 2.33. The van der Waals surface area contributed by atoms with Crippen LogP contribution in [0, 0.1) is 79.3 Å². The van der Waals surface area contributed by atoms with E-state index >= 15 is 0 Å².